The Morgan fingerprint density at radius 3 is 3.00 bits per heavy atom. The molecule has 2 rings (SSSR count). The summed E-state index contributed by atoms with van der Waals surface area (Å²) in [5, 5.41) is 7.00. The van der Waals surface area contributed by atoms with Gasteiger partial charge in [-0.15, -0.1) is 0 Å². The molecule has 0 fully saturated rings. The zero-order valence-corrected chi connectivity index (χ0v) is 13.5. The Hall–Kier alpha value is -1.47. The fraction of sp³-hybridized carbons (Fsp3) is 0.429. The molecule has 5 nitrogen and oxygen atoms in total. The van der Waals surface area contributed by atoms with Gasteiger partial charge in [-0.05, 0) is 32.2 Å². The lowest BCUT2D eigenvalue weighted by molar-refractivity contribution is 0.281. The number of nitrogens with one attached hydrogen (secondary N) is 1. The van der Waals surface area contributed by atoms with E-state index < -0.39 is 5.82 Å². The predicted octanol–water partition coefficient (Wildman–Crippen LogP) is 2.74. The van der Waals surface area contributed by atoms with Gasteiger partial charge in [0, 0.05) is 16.9 Å². The largest absolute Gasteiger partial charge is 0.490 e. The summed E-state index contributed by atoms with van der Waals surface area (Å²) in [7, 11) is 1.88. The number of likely N-dealkylation sites (N-methyl/N-ethyl adjacent to an activating group) is 1. The summed E-state index contributed by atoms with van der Waals surface area (Å²) in [4.78, 5) is 4.27. The van der Waals surface area contributed by atoms with Crippen LogP contribution in [-0.2, 0) is 12.8 Å². The van der Waals surface area contributed by atoms with E-state index in [0.717, 1.165) is 0 Å². The van der Waals surface area contributed by atoms with Crippen molar-refractivity contribution in [2.24, 2.45) is 0 Å². The lowest BCUT2D eigenvalue weighted by atomic mass is 10.2. The van der Waals surface area contributed by atoms with E-state index in [1.165, 1.54) is 6.07 Å². The van der Waals surface area contributed by atoms with Crippen LogP contribution in [0.4, 0.5) is 4.39 Å². The maximum absolute atomic E-state index is 13.5. The van der Waals surface area contributed by atoms with Crippen molar-refractivity contribution in [1.82, 2.24) is 15.5 Å². The second-order valence-electron chi connectivity index (χ2n) is 4.67. The smallest absolute Gasteiger partial charge is 0.230 e. The van der Waals surface area contributed by atoms with E-state index in [1.54, 1.807) is 12.1 Å². The van der Waals surface area contributed by atoms with Crippen LogP contribution in [0, 0.1) is 5.82 Å². The molecule has 0 aliphatic carbocycles. The van der Waals surface area contributed by atoms with E-state index in [9.17, 15) is 4.39 Å². The molecule has 1 aromatic carbocycles. The van der Waals surface area contributed by atoms with E-state index in [1.807, 2.05) is 14.0 Å². The number of hydrogen-bond donors (Lipinski definition) is 1. The van der Waals surface area contributed by atoms with Crippen molar-refractivity contribution in [3.8, 4) is 5.75 Å². The molecule has 0 saturated carbocycles. The lowest BCUT2D eigenvalue weighted by Crippen LogP contribution is -2.24. The fourth-order valence-corrected chi connectivity index (χ4v) is 2.02. The molecule has 1 atom stereocenters. The summed E-state index contributed by atoms with van der Waals surface area (Å²) < 4.78 is 24.7. The normalized spacial score (nSPS) is 12.4. The topological polar surface area (TPSA) is 60.2 Å². The second kappa shape index (κ2) is 7.51. The van der Waals surface area contributed by atoms with Crippen LogP contribution in [0.3, 0.4) is 0 Å². The molecule has 0 bridgehead atoms. The summed E-state index contributed by atoms with van der Waals surface area (Å²) >= 11 is 3.20. The van der Waals surface area contributed by atoms with Crippen molar-refractivity contribution in [1.29, 1.82) is 0 Å². The van der Waals surface area contributed by atoms with Gasteiger partial charge >= 0.3 is 0 Å². The number of halogens is 2. The molecule has 0 aliphatic heterocycles. The Morgan fingerprint density at radius 2 is 2.29 bits per heavy atom. The first-order valence-corrected chi connectivity index (χ1v) is 7.44. The molecular weight excluding hydrogens is 341 g/mol. The van der Waals surface area contributed by atoms with Crippen LogP contribution in [0.5, 0.6) is 5.75 Å². The van der Waals surface area contributed by atoms with Gasteiger partial charge in [0.05, 0.1) is 13.0 Å². The number of rotatable bonds is 7. The van der Waals surface area contributed by atoms with E-state index in [2.05, 4.69) is 31.4 Å². The number of benzene rings is 1. The van der Waals surface area contributed by atoms with Crippen molar-refractivity contribution in [3.05, 3.63) is 40.2 Å². The average molecular weight is 358 g/mol. The van der Waals surface area contributed by atoms with Gasteiger partial charge in [0.1, 0.15) is 0 Å². The molecule has 0 aliphatic rings. The Labute approximate surface area is 131 Å². The third-order valence-electron chi connectivity index (χ3n) is 2.96. The van der Waals surface area contributed by atoms with Crippen molar-refractivity contribution in [3.63, 3.8) is 0 Å². The molecule has 1 heterocycles. The van der Waals surface area contributed by atoms with Gasteiger partial charge in [0.15, 0.2) is 17.4 Å². The van der Waals surface area contributed by atoms with Gasteiger partial charge in [0.25, 0.3) is 0 Å². The maximum atomic E-state index is 13.5. The molecule has 21 heavy (non-hydrogen) atoms. The van der Waals surface area contributed by atoms with Crippen molar-refractivity contribution < 1.29 is 13.7 Å². The highest BCUT2D eigenvalue weighted by Crippen LogP contribution is 2.21. The molecular formula is C14H17BrFN3O2. The van der Waals surface area contributed by atoms with E-state index >= 15 is 0 Å². The fourth-order valence-electron chi connectivity index (χ4n) is 1.69. The van der Waals surface area contributed by atoms with Crippen LogP contribution in [0.1, 0.15) is 18.6 Å². The Kier molecular flexibility index (Phi) is 5.69. The zero-order valence-electron chi connectivity index (χ0n) is 11.9. The standard InChI is InChI=1S/C14H17BrFN3O2/c1-9(17-2)7-13-18-14(21-19-13)5-6-20-12-4-3-10(15)8-11(12)16/h3-4,8-9,17H,5-7H2,1-2H3. The Bertz CT molecular complexity index is 591. The minimum absolute atomic E-state index is 0.210. The number of ether oxygens (including phenoxy) is 1. The van der Waals surface area contributed by atoms with Crippen LogP contribution in [0.25, 0.3) is 0 Å². The SMILES string of the molecule is CNC(C)Cc1noc(CCOc2ccc(Br)cc2F)n1. The van der Waals surface area contributed by atoms with Crippen LogP contribution in [0.15, 0.2) is 27.2 Å². The molecule has 0 amide bonds. The monoisotopic (exact) mass is 357 g/mol. The summed E-state index contributed by atoms with van der Waals surface area (Å²) in [6.45, 7) is 2.32. The molecule has 2 aromatic rings. The zero-order chi connectivity index (χ0) is 15.2. The van der Waals surface area contributed by atoms with Crippen LogP contribution < -0.4 is 10.1 Å². The highest BCUT2D eigenvalue weighted by Gasteiger charge is 2.10. The third-order valence-corrected chi connectivity index (χ3v) is 3.45. The van der Waals surface area contributed by atoms with Crippen LogP contribution >= 0.6 is 15.9 Å². The Morgan fingerprint density at radius 1 is 1.48 bits per heavy atom. The van der Waals surface area contributed by atoms with Gasteiger partial charge in [-0.1, -0.05) is 21.1 Å². The van der Waals surface area contributed by atoms with E-state index in [4.69, 9.17) is 9.26 Å². The molecule has 1 N–H and O–H groups in total. The highest BCUT2D eigenvalue weighted by molar-refractivity contribution is 9.10. The molecule has 0 spiro atoms. The van der Waals surface area contributed by atoms with Gasteiger partial charge in [-0.25, -0.2) is 4.39 Å². The average Bonchev–Trinajstić information content (AvgIpc) is 2.88. The van der Waals surface area contributed by atoms with Crippen LogP contribution in [0.2, 0.25) is 0 Å². The number of hydrogen-bond acceptors (Lipinski definition) is 5. The first-order valence-electron chi connectivity index (χ1n) is 6.65. The minimum atomic E-state index is -0.404. The molecule has 1 aromatic heterocycles. The molecule has 7 heteroatoms. The van der Waals surface area contributed by atoms with Gasteiger partial charge in [-0.2, -0.15) is 4.98 Å². The molecule has 0 saturated heterocycles. The van der Waals surface area contributed by atoms with Crippen molar-refractivity contribution in [2.75, 3.05) is 13.7 Å². The molecule has 114 valence electrons. The molecule has 1 unspecified atom stereocenters. The quantitative estimate of drug-likeness (QED) is 0.825. The summed E-state index contributed by atoms with van der Waals surface area (Å²) in [5.74, 6) is 0.952. The summed E-state index contributed by atoms with van der Waals surface area (Å²) in [5.41, 5.74) is 0. The van der Waals surface area contributed by atoms with Gasteiger partial charge in [0.2, 0.25) is 5.89 Å². The summed E-state index contributed by atoms with van der Waals surface area (Å²) in [6.07, 6.45) is 1.14. The first-order chi connectivity index (χ1) is 10.1. The van der Waals surface area contributed by atoms with Crippen molar-refractivity contribution >= 4 is 15.9 Å². The lowest BCUT2D eigenvalue weighted by Gasteiger charge is -2.05. The minimum Gasteiger partial charge on any atom is -0.490 e. The first kappa shape index (κ1) is 15.9. The third kappa shape index (κ3) is 4.78. The van der Waals surface area contributed by atoms with Crippen LogP contribution in [-0.4, -0.2) is 29.8 Å². The van der Waals surface area contributed by atoms with E-state index in [0.29, 0.717) is 29.0 Å². The second-order valence-corrected chi connectivity index (χ2v) is 5.59. The Balaban J connectivity index is 1.83. The molecule has 0 radical (unpaired) electrons. The highest BCUT2D eigenvalue weighted by atomic mass is 79.9. The predicted molar refractivity (Wildman–Crippen MR) is 79.8 cm³/mol. The van der Waals surface area contributed by atoms with Crippen molar-refractivity contribution in [2.45, 2.75) is 25.8 Å². The van der Waals surface area contributed by atoms with Gasteiger partial charge in [-0.3, -0.25) is 0 Å². The number of nitrogens with zero attached hydrogens (tertiary/aromatic N) is 2. The summed E-state index contributed by atoms with van der Waals surface area (Å²) in [6, 6.07) is 4.94. The van der Waals surface area contributed by atoms with E-state index in [-0.39, 0.29) is 18.4 Å². The maximum Gasteiger partial charge on any atom is 0.230 e. The van der Waals surface area contributed by atoms with Gasteiger partial charge < -0.3 is 14.6 Å². The number of aromatic nitrogens is 2.